The molecule has 0 aliphatic carbocycles. The zero-order valence-corrected chi connectivity index (χ0v) is 20.8. The molecule has 1 aliphatic rings. The molecule has 1 aromatic carbocycles. The minimum absolute atomic E-state index is 0.142. The highest BCUT2D eigenvalue weighted by molar-refractivity contribution is 7.89. The van der Waals surface area contributed by atoms with Crippen LogP contribution < -0.4 is 5.32 Å². The number of thiophene rings is 1. The number of aryl methyl sites for hydroxylation is 2. The molecule has 8 nitrogen and oxygen atoms in total. The average Bonchev–Trinajstić information content (AvgIpc) is 3.45. The van der Waals surface area contributed by atoms with Gasteiger partial charge < -0.3 is 9.84 Å². The van der Waals surface area contributed by atoms with Crippen LogP contribution in [0.5, 0.6) is 0 Å². The third kappa shape index (κ3) is 5.13. The number of hydrogen-bond donors (Lipinski definition) is 1. The molecule has 1 N–H and O–H groups in total. The zero-order chi connectivity index (χ0) is 23.6. The zero-order valence-electron chi connectivity index (χ0n) is 18.4. The minimum Gasteiger partial charge on any atom is -0.352 e. The van der Waals surface area contributed by atoms with Crippen LogP contribution >= 0.6 is 22.9 Å². The van der Waals surface area contributed by atoms with Crippen LogP contribution in [0.1, 0.15) is 36.1 Å². The number of carbonyl (C=O) groups excluding carboxylic acids is 1. The van der Waals surface area contributed by atoms with Crippen molar-refractivity contribution in [2.75, 3.05) is 13.1 Å². The normalized spacial score (nSPS) is 17.2. The number of carbonyl (C=O) groups is 1. The average molecular weight is 509 g/mol. The molecule has 0 spiro atoms. The second-order valence-corrected chi connectivity index (χ2v) is 11.5. The molecule has 11 heteroatoms. The van der Waals surface area contributed by atoms with Crippen molar-refractivity contribution < 1.29 is 17.7 Å². The SMILES string of the molecule is CCc1nc(-c2cc(S(=O)(=O)N3CCC[C@H](C(=O)NCc4ccccc4Cl)C3)c(C)s2)no1. The Morgan fingerprint density at radius 2 is 2.15 bits per heavy atom. The van der Waals surface area contributed by atoms with E-state index in [0.29, 0.717) is 58.8 Å². The van der Waals surface area contributed by atoms with E-state index in [0.717, 1.165) is 5.56 Å². The first-order chi connectivity index (χ1) is 15.8. The van der Waals surface area contributed by atoms with Gasteiger partial charge in [0.2, 0.25) is 27.6 Å². The maximum atomic E-state index is 13.4. The second kappa shape index (κ2) is 9.92. The number of sulfonamides is 1. The number of amides is 1. The van der Waals surface area contributed by atoms with E-state index in [1.165, 1.54) is 15.6 Å². The fourth-order valence-electron chi connectivity index (χ4n) is 3.81. The molecular weight excluding hydrogens is 484 g/mol. The number of benzene rings is 1. The third-order valence-corrected chi connectivity index (χ3v) is 9.18. The van der Waals surface area contributed by atoms with Crippen LogP contribution in [0.25, 0.3) is 10.7 Å². The monoisotopic (exact) mass is 508 g/mol. The van der Waals surface area contributed by atoms with Crippen LogP contribution in [0.15, 0.2) is 39.8 Å². The van der Waals surface area contributed by atoms with Gasteiger partial charge in [-0.05, 0) is 37.5 Å². The molecule has 0 unspecified atom stereocenters. The molecule has 3 aromatic rings. The molecule has 2 aromatic heterocycles. The smallest absolute Gasteiger partial charge is 0.244 e. The molecule has 3 heterocycles. The van der Waals surface area contributed by atoms with Gasteiger partial charge in [0.05, 0.1) is 15.7 Å². The number of aromatic nitrogens is 2. The summed E-state index contributed by atoms with van der Waals surface area (Å²) in [4.78, 5) is 18.6. The largest absolute Gasteiger partial charge is 0.352 e. The summed E-state index contributed by atoms with van der Waals surface area (Å²) in [5.41, 5.74) is 0.821. The number of halogens is 1. The second-order valence-electron chi connectivity index (χ2n) is 7.91. The van der Waals surface area contributed by atoms with Crippen LogP contribution in [-0.4, -0.2) is 41.9 Å². The van der Waals surface area contributed by atoms with Crippen LogP contribution in [0.2, 0.25) is 5.02 Å². The Bertz CT molecular complexity index is 1250. The molecule has 1 saturated heterocycles. The Morgan fingerprint density at radius 1 is 1.36 bits per heavy atom. The van der Waals surface area contributed by atoms with E-state index in [2.05, 4.69) is 15.5 Å². The lowest BCUT2D eigenvalue weighted by Gasteiger charge is -2.31. The van der Waals surface area contributed by atoms with E-state index in [-0.39, 0.29) is 17.3 Å². The minimum atomic E-state index is -3.76. The van der Waals surface area contributed by atoms with Gasteiger partial charge in [0, 0.05) is 36.0 Å². The van der Waals surface area contributed by atoms with E-state index in [1.807, 2.05) is 25.1 Å². The van der Waals surface area contributed by atoms with Gasteiger partial charge in [-0.15, -0.1) is 11.3 Å². The van der Waals surface area contributed by atoms with Crippen molar-refractivity contribution in [2.24, 2.45) is 5.92 Å². The molecule has 0 saturated carbocycles. The molecule has 1 fully saturated rings. The molecule has 0 radical (unpaired) electrons. The first-order valence-electron chi connectivity index (χ1n) is 10.7. The Balaban J connectivity index is 1.47. The Labute approximate surface area is 202 Å². The summed E-state index contributed by atoms with van der Waals surface area (Å²) in [5.74, 6) is 0.300. The predicted octanol–water partition coefficient (Wildman–Crippen LogP) is 4.04. The van der Waals surface area contributed by atoms with E-state index in [9.17, 15) is 13.2 Å². The summed E-state index contributed by atoms with van der Waals surface area (Å²) in [5, 5.41) is 7.43. The van der Waals surface area contributed by atoms with Gasteiger partial charge in [0.1, 0.15) is 0 Å². The molecule has 1 atom stereocenters. The Kier molecular flexibility index (Phi) is 7.18. The van der Waals surface area contributed by atoms with Crippen LogP contribution in [0.4, 0.5) is 0 Å². The van der Waals surface area contributed by atoms with Gasteiger partial charge in [-0.2, -0.15) is 9.29 Å². The van der Waals surface area contributed by atoms with Crippen molar-refractivity contribution in [3.8, 4) is 10.7 Å². The van der Waals surface area contributed by atoms with Crippen molar-refractivity contribution >= 4 is 38.9 Å². The highest BCUT2D eigenvalue weighted by Gasteiger charge is 2.35. The summed E-state index contributed by atoms with van der Waals surface area (Å²) < 4.78 is 33.4. The fourth-order valence-corrected chi connectivity index (χ4v) is 7.02. The number of piperidine rings is 1. The molecule has 1 amide bonds. The molecule has 176 valence electrons. The van der Waals surface area contributed by atoms with Crippen LogP contribution in [-0.2, 0) is 27.8 Å². The van der Waals surface area contributed by atoms with Crippen molar-refractivity contribution in [3.05, 3.63) is 51.7 Å². The highest BCUT2D eigenvalue weighted by atomic mass is 35.5. The number of rotatable bonds is 7. The van der Waals surface area contributed by atoms with Gasteiger partial charge >= 0.3 is 0 Å². The third-order valence-electron chi connectivity index (χ3n) is 5.65. The Hall–Kier alpha value is -2.27. The molecule has 0 bridgehead atoms. The predicted molar refractivity (Wildman–Crippen MR) is 127 cm³/mol. The van der Waals surface area contributed by atoms with E-state index in [4.69, 9.17) is 16.1 Å². The van der Waals surface area contributed by atoms with Gasteiger partial charge in [-0.25, -0.2) is 8.42 Å². The fraction of sp³-hybridized carbons (Fsp3) is 0.409. The van der Waals surface area contributed by atoms with Crippen LogP contribution in [0.3, 0.4) is 0 Å². The summed E-state index contributed by atoms with van der Waals surface area (Å²) in [6.07, 6.45) is 1.86. The number of hydrogen-bond acceptors (Lipinski definition) is 7. The lowest BCUT2D eigenvalue weighted by Crippen LogP contribution is -2.45. The van der Waals surface area contributed by atoms with Crippen molar-refractivity contribution in [1.82, 2.24) is 19.8 Å². The lowest BCUT2D eigenvalue weighted by atomic mass is 9.99. The van der Waals surface area contributed by atoms with Crippen molar-refractivity contribution in [2.45, 2.75) is 44.6 Å². The molecule has 33 heavy (non-hydrogen) atoms. The summed E-state index contributed by atoms with van der Waals surface area (Å²) in [6, 6.07) is 8.91. The maximum Gasteiger partial charge on any atom is 0.244 e. The molecule has 4 rings (SSSR count). The summed E-state index contributed by atoms with van der Waals surface area (Å²) in [6.45, 7) is 4.50. The topological polar surface area (TPSA) is 105 Å². The van der Waals surface area contributed by atoms with E-state index in [1.54, 1.807) is 19.1 Å². The number of nitrogens with zero attached hydrogens (tertiary/aromatic N) is 3. The molecular formula is C22H25ClN4O4S2. The van der Waals surface area contributed by atoms with Gasteiger partial charge in [-0.1, -0.05) is 41.9 Å². The van der Waals surface area contributed by atoms with E-state index >= 15 is 0 Å². The first kappa shape index (κ1) is 23.9. The van der Waals surface area contributed by atoms with Gasteiger partial charge in [0.15, 0.2) is 0 Å². The molecule has 1 aliphatic heterocycles. The van der Waals surface area contributed by atoms with E-state index < -0.39 is 15.9 Å². The van der Waals surface area contributed by atoms with Crippen molar-refractivity contribution in [3.63, 3.8) is 0 Å². The standard InChI is InChI=1S/C22H25ClN4O4S2/c1-3-20-25-21(26-31-20)18-11-19(14(2)32-18)33(29,30)27-10-6-8-16(13-27)22(28)24-12-15-7-4-5-9-17(15)23/h4-5,7,9,11,16H,3,6,8,10,12-13H2,1-2H3,(H,24,28)/t16-/m0/s1. The number of nitrogens with one attached hydrogen (secondary N) is 1. The van der Waals surface area contributed by atoms with Crippen molar-refractivity contribution in [1.29, 1.82) is 0 Å². The quantitative estimate of drug-likeness (QED) is 0.516. The van der Waals surface area contributed by atoms with Gasteiger partial charge in [-0.3, -0.25) is 4.79 Å². The summed E-state index contributed by atoms with van der Waals surface area (Å²) in [7, 11) is -3.76. The lowest BCUT2D eigenvalue weighted by molar-refractivity contribution is -0.126. The maximum absolute atomic E-state index is 13.4. The summed E-state index contributed by atoms with van der Waals surface area (Å²) >= 11 is 7.48. The Morgan fingerprint density at radius 3 is 2.88 bits per heavy atom. The van der Waals surface area contributed by atoms with Gasteiger partial charge in [0.25, 0.3) is 0 Å². The first-order valence-corrected chi connectivity index (χ1v) is 13.4. The highest BCUT2D eigenvalue weighted by Crippen LogP contribution is 2.35. The van der Waals surface area contributed by atoms with Crippen LogP contribution in [0, 0.1) is 12.8 Å².